The smallest absolute Gasteiger partial charge is 0.310 e. The highest BCUT2D eigenvalue weighted by atomic mass is 16.4. The van der Waals surface area contributed by atoms with Gasteiger partial charge in [0.15, 0.2) is 0 Å². The first-order valence-electron chi connectivity index (χ1n) is 21.8. The Kier molecular flexibility index (Phi) is 27.8. The molecule has 46 heavy (non-hydrogen) atoms. The molecule has 0 aromatic rings. The second-order valence-electron chi connectivity index (χ2n) is 16.0. The van der Waals surface area contributed by atoms with Crippen molar-refractivity contribution in [1.29, 1.82) is 0 Å². The van der Waals surface area contributed by atoms with Gasteiger partial charge in [-0.05, 0) is 49.9 Å². The Morgan fingerprint density at radius 2 is 0.783 bits per heavy atom. The van der Waals surface area contributed by atoms with Crippen molar-refractivity contribution in [3.63, 3.8) is 0 Å². The summed E-state index contributed by atoms with van der Waals surface area (Å²) in [7, 11) is 0. The predicted molar refractivity (Wildman–Crippen MR) is 205 cm³/mol. The molecule has 0 amide bonds. The number of hydrogen-bond acceptors (Lipinski definition) is 1. The zero-order valence-corrected chi connectivity index (χ0v) is 32.4. The standard InChI is InChI=1S/C44H86O2/c1-5-9-13-17-19-22-26-32-38-43(37-31-16-12-8-4,41(35-29-15-11-7-3)36-30-25-18-14-10-6-2)44(42(45)46)39-33-27-23-20-21-24-28-34-40-44/h41H,5-40H2,1-4H3,(H,45,46). The number of aliphatic carboxylic acids is 1. The van der Waals surface area contributed by atoms with Gasteiger partial charge in [0.2, 0.25) is 0 Å². The highest BCUT2D eigenvalue weighted by Gasteiger charge is 2.57. The van der Waals surface area contributed by atoms with Crippen molar-refractivity contribution in [3.05, 3.63) is 0 Å². The van der Waals surface area contributed by atoms with E-state index in [0.717, 1.165) is 25.7 Å². The van der Waals surface area contributed by atoms with Crippen molar-refractivity contribution < 1.29 is 9.90 Å². The summed E-state index contributed by atoms with van der Waals surface area (Å²) in [4.78, 5) is 14.1. The van der Waals surface area contributed by atoms with Gasteiger partial charge in [0, 0.05) is 0 Å². The number of rotatable bonds is 29. The summed E-state index contributed by atoms with van der Waals surface area (Å²) in [6, 6.07) is 0. The van der Waals surface area contributed by atoms with Crippen LogP contribution < -0.4 is 0 Å². The molecule has 2 unspecified atom stereocenters. The average molecular weight is 647 g/mol. The molecule has 1 N–H and O–H groups in total. The van der Waals surface area contributed by atoms with E-state index in [1.54, 1.807) is 0 Å². The maximum absolute atomic E-state index is 14.1. The van der Waals surface area contributed by atoms with Crippen LogP contribution in [-0.2, 0) is 4.79 Å². The molecule has 2 atom stereocenters. The summed E-state index contributed by atoms with van der Waals surface area (Å²) >= 11 is 0. The third-order valence-corrected chi connectivity index (χ3v) is 12.4. The van der Waals surface area contributed by atoms with Gasteiger partial charge in [-0.3, -0.25) is 4.79 Å². The van der Waals surface area contributed by atoms with Gasteiger partial charge in [-0.15, -0.1) is 0 Å². The van der Waals surface area contributed by atoms with E-state index in [0.29, 0.717) is 5.92 Å². The Morgan fingerprint density at radius 3 is 1.17 bits per heavy atom. The quantitative estimate of drug-likeness (QED) is 0.0821. The third kappa shape index (κ3) is 17.2. The van der Waals surface area contributed by atoms with E-state index in [-0.39, 0.29) is 5.41 Å². The molecule has 0 spiro atoms. The van der Waals surface area contributed by atoms with Gasteiger partial charge in [-0.2, -0.15) is 0 Å². The van der Waals surface area contributed by atoms with Crippen molar-refractivity contribution in [2.24, 2.45) is 16.7 Å². The second-order valence-corrected chi connectivity index (χ2v) is 16.0. The molecule has 274 valence electrons. The molecule has 0 saturated heterocycles. The lowest BCUT2D eigenvalue weighted by Gasteiger charge is -2.54. The van der Waals surface area contributed by atoms with E-state index in [1.165, 1.54) is 205 Å². The summed E-state index contributed by atoms with van der Waals surface area (Å²) in [5, 5.41) is 11.6. The molecule has 0 aromatic heterocycles. The number of carbonyl (C=O) groups is 1. The van der Waals surface area contributed by atoms with Gasteiger partial charge in [-0.25, -0.2) is 0 Å². The lowest BCUT2D eigenvalue weighted by molar-refractivity contribution is -0.170. The van der Waals surface area contributed by atoms with E-state index < -0.39 is 11.4 Å². The second kappa shape index (κ2) is 29.4. The lowest BCUT2D eigenvalue weighted by atomic mass is 9.48. The van der Waals surface area contributed by atoms with Crippen LogP contribution in [0, 0.1) is 16.7 Å². The summed E-state index contributed by atoms with van der Waals surface area (Å²) in [5.41, 5.74) is -0.583. The molecular weight excluding hydrogens is 560 g/mol. The average Bonchev–Trinajstić information content (AvgIpc) is 3.11. The number of unbranched alkanes of at least 4 members (excludes halogenated alkanes) is 18. The molecule has 2 heteroatoms. The maximum Gasteiger partial charge on any atom is 0.310 e. The van der Waals surface area contributed by atoms with Crippen LogP contribution in [0.1, 0.15) is 259 Å². The largest absolute Gasteiger partial charge is 0.481 e. The van der Waals surface area contributed by atoms with Crippen molar-refractivity contribution in [1.82, 2.24) is 0 Å². The zero-order valence-electron chi connectivity index (χ0n) is 32.4. The molecule has 1 aliphatic carbocycles. The lowest BCUT2D eigenvalue weighted by Crippen LogP contribution is -2.52. The number of carboxylic acid groups (broad SMARTS) is 1. The third-order valence-electron chi connectivity index (χ3n) is 12.4. The number of hydrogen-bond donors (Lipinski definition) is 1. The van der Waals surface area contributed by atoms with Crippen molar-refractivity contribution in [3.8, 4) is 0 Å². The van der Waals surface area contributed by atoms with Gasteiger partial charge in [0.25, 0.3) is 0 Å². The van der Waals surface area contributed by atoms with Crippen molar-refractivity contribution in [2.75, 3.05) is 0 Å². The molecule has 0 heterocycles. The highest BCUT2D eigenvalue weighted by Crippen LogP contribution is 2.60. The van der Waals surface area contributed by atoms with Gasteiger partial charge >= 0.3 is 5.97 Å². The first kappa shape index (κ1) is 43.5. The minimum Gasteiger partial charge on any atom is -0.481 e. The van der Waals surface area contributed by atoms with Gasteiger partial charge < -0.3 is 5.11 Å². The van der Waals surface area contributed by atoms with Crippen LogP contribution in [0.15, 0.2) is 0 Å². The van der Waals surface area contributed by atoms with E-state index in [1.807, 2.05) is 0 Å². The normalized spacial score (nSPS) is 18.1. The zero-order chi connectivity index (χ0) is 33.6. The van der Waals surface area contributed by atoms with E-state index in [4.69, 9.17) is 0 Å². The van der Waals surface area contributed by atoms with E-state index in [2.05, 4.69) is 27.7 Å². The minimum atomic E-state index is -0.539. The Morgan fingerprint density at radius 1 is 0.478 bits per heavy atom. The molecule has 0 aliphatic heterocycles. The summed E-state index contributed by atoms with van der Waals surface area (Å²) < 4.78 is 0. The fraction of sp³-hybridized carbons (Fsp3) is 0.977. The van der Waals surface area contributed by atoms with Crippen LogP contribution in [-0.4, -0.2) is 11.1 Å². The number of carboxylic acids is 1. The Labute approximate surface area is 290 Å². The molecule has 2 nitrogen and oxygen atoms in total. The molecule has 1 aliphatic rings. The Hall–Kier alpha value is -0.530. The van der Waals surface area contributed by atoms with Crippen LogP contribution >= 0.6 is 0 Å². The van der Waals surface area contributed by atoms with Gasteiger partial charge in [0.05, 0.1) is 5.41 Å². The molecule has 0 radical (unpaired) electrons. The molecule has 1 fully saturated rings. The molecule has 0 bridgehead atoms. The van der Waals surface area contributed by atoms with Gasteiger partial charge in [0.1, 0.15) is 0 Å². The minimum absolute atomic E-state index is 0.0432. The fourth-order valence-electron chi connectivity index (χ4n) is 9.49. The monoisotopic (exact) mass is 647 g/mol. The SMILES string of the molecule is CCCCCCCCCCC(CCCCCC)(C(CCCCCC)CCCCCCCC)C1(C(=O)O)CCCCCCCCCC1. The molecule has 1 rings (SSSR count). The summed E-state index contributed by atoms with van der Waals surface area (Å²) in [6.45, 7) is 9.28. The van der Waals surface area contributed by atoms with Crippen LogP contribution in [0.3, 0.4) is 0 Å². The topological polar surface area (TPSA) is 37.3 Å². The van der Waals surface area contributed by atoms with Crippen LogP contribution in [0.4, 0.5) is 0 Å². The first-order chi connectivity index (χ1) is 22.5. The predicted octanol–water partition coefficient (Wildman–Crippen LogP) is 15.8. The van der Waals surface area contributed by atoms with Crippen molar-refractivity contribution >= 4 is 5.97 Å². The summed E-state index contributed by atoms with van der Waals surface area (Å²) in [5.74, 6) is 0.172. The molecule has 1 saturated carbocycles. The fourth-order valence-corrected chi connectivity index (χ4v) is 9.49. The molecular formula is C44H86O2. The summed E-state index contributed by atoms with van der Waals surface area (Å²) in [6.07, 6.45) is 45.9. The first-order valence-corrected chi connectivity index (χ1v) is 21.8. The van der Waals surface area contributed by atoms with Gasteiger partial charge in [-0.1, -0.05) is 220 Å². The van der Waals surface area contributed by atoms with Crippen LogP contribution in [0.5, 0.6) is 0 Å². The van der Waals surface area contributed by atoms with E-state index in [9.17, 15) is 9.90 Å². The highest BCUT2D eigenvalue weighted by molar-refractivity contribution is 5.76. The van der Waals surface area contributed by atoms with Crippen LogP contribution in [0.2, 0.25) is 0 Å². The van der Waals surface area contributed by atoms with Crippen molar-refractivity contribution in [2.45, 2.75) is 259 Å². The Bertz CT molecular complexity index is 659. The molecule has 0 aromatic carbocycles. The van der Waals surface area contributed by atoms with Crippen LogP contribution in [0.25, 0.3) is 0 Å². The Balaban J connectivity index is 3.52. The van der Waals surface area contributed by atoms with E-state index >= 15 is 0 Å². The maximum atomic E-state index is 14.1.